The van der Waals surface area contributed by atoms with E-state index in [-0.39, 0.29) is 5.02 Å². The second kappa shape index (κ2) is 7.83. The summed E-state index contributed by atoms with van der Waals surface area (Å²) in [7, 11) is 0. The van der Waals surface area contributed by atoms with E-state index in [2.05, 4.69) is 20.9 Å². The van der Waals surface area contributed by atoms with Crippen molar-refractivity contribution in [3.63, 3.8) is 0 Å². The number of benzene rings is 1. The van der Waals surface area contributed by atoms with E-state index in [0.717, 1.165) is 36.2 Å². The van der Waals surface area contributed by atoms with Gasteiger partial charge in [0.05, 0.1) is 22.2 Å². The lowest BCUT2D eigenvalue weighted by atomic mass is 10.0. The molecular formula is C19H15BrClF5N2O. The molecule has 0 bridgehead atoms. The van der Waals surface area contributed by atoms with Crippen LogP contribution in [0.25, 0.3) is 0 Å². The predicted octanol–water partition coefficient (Wildman–Crippen LogP) is 6.30. The van der Waals surface area contributed by atoms with Crippen LogP contribution in [0.2, 0.25) is 5.02 Å². The van der Waals surface area contributed by atoms with Gasteiger partial charge in [-0.1, -0.05) is 23.7 Å². The molecule has 3 rings (SSSR count). The zero-order chi connectivity index (χ0) is 21.6. The molecule has 0 spiro atoms. The highest BCUT2D eigenvalue weighted by atomic mass is 79.9. The van der Waals surface area contributed by atoms with Crippen molar-refractivity contribution in [1.82, 2.24) is 9.88 Å². The summed E-state index contributed by atoms with van der Waals surface area (Å²) in [5.41, 5.74) is -2.56. The largest absolute Gasteiger partial charge is 0.417 e. The second-order valence-electron chi connectivity index (χ2n) is 6.77. The molecule has 1 atom stereocenters. The number of alkyl halides is 5. The molecule has 1 fully saturated rings. The van der Waals surface area contributed by atoms with Gasteiger partial charge in [0.2, 0.25) is 0 Å². The van der Waals surface area contributed by atoms with Gasteiger partial charge in [-0.2, -0.15) is 22.0 Å². The molecule has 1 aromatic carbocycles. The first kappa shape index (κ1) is 22.0. The minimum absolute atomic E-state index is 0.310. The van der Waals surface area contributed by atoms with Crippen LogP contribution in [0.4, 0.5) is 22.0 Å². The molecule has 1 aromatic heterocycles. The molecule has 1 saturated carbocycles. The number of carbonyl (C=O) groups excluding carboxylic acids is 1. The Bertz CT molecular complexity index is 933. The standard InChI is InChI=1S/C19H15BrClF5N2O/c1-10(18(22,23)16-15(21)8-11(20)9-27-16)28(12-6-7-12)17(29)13-4-2-3-5-14(13)19(24,25)26/h2-5,8-10,12H,6-7H2,1H3. The number of nitrogens with zero attached hydrogens (tertiary/aromatic N) is 2. The smallest absolute Gasteiger partial charge is 0.326 e. The van der Waals surface area contributed by atoms with Crippen LogP contribution < -0.4 is 0 Å². The Labute approximate surface area is 177 Å². The fourth-order valence-corrected chi connectivity index (χ4v) is 3.85. The van der Waals surface area contributed by atoms with Gasteiger partial charge in [-0.25, -0.2) is 0 Å². The Balaban J connectivity index is 2.02. The molecule has 2 aromatic rings. The number of halogens is 7. The SMILES string of the molecule is CC(N(C(=O)c1ccccc1C(F)(F)F)C1CC1)C(F)(F)c1ncc(Br)cc1Cl. The highest BCUT2D eigenvalue weighted by molar-refractivity contribution is 9.10. The molecule has 3 nitrogen and oxygen atoms in total. The molecule has 1 amide bonds. The monoisotopic (exact) mass is 496 g/mol. The van der Waals surface area contributed by atoms with Gasteiger partial charge in [0, 0.05) is 16.7 Å². The van der Waals surface area contributed by atoms with Crippen molar-refractivity contribution in [3.05, 3.63) is 62.8 Å². The van der Waals surface area contributed by atoms with Crippen molar-refractivity contribution < 1.29 is 26.7 Å². The third kappa shape index (κ3) is 4.40. The highest BCUT2D eigenvalue weighted by Crippen LogP contribution is 2.43. The lowest BCUT2D eigenvalue weighted by Gasteiger charge is -2.35. The normalized spacial score (nSPS) is 15.9. The maximum absolute atomic E-state index is 15.2. The maximum Gasteiger partial charge on any atom is 0.417 e. The van der Waals surface area contributed by atoms with Crippen molar-refractivity contribution in [2.24, 2.45) is 0 Å². The molecule has 156 valence electrons. The minimum atomic E-state index is -4.79. The third-order valence-electron chi connectivity index (χ3n) is 4.70. The van der Waals surface area contributed by atoms with Crippen LogP contribution in [0.1, 0.15) is 41.4 Å². The summed E-state index contributed by atoms with van der Waals surface area (Å²) >= 11 is 8.99. The van der Waals surface area contributed by atoms with Gasteiger partial charge in [-0.15, -0.1) is 0 Å². The average Bonchev–Trinajstić information content (AvgIpc) is 3.45. The molecule has 0 radical (unpaired) electrons. The van der Waals surface area contributed by atoms with Crippen molar-refractivity contribution in [2.45, 2.75) is 43.9 Å². The molecule has 1 unspecified atom stereocenters. The summed E-state index contributed by atoms with van der Waals surface area (Å²) in [6, 6.07) is 3.08. The summed E-state index contributed by atoms with van der Waals surface area (Å²) in [5, 5.41) is -0.310. The van der Waals surface area contributed by atoms with Gasteiger partial charge in [-0.05, 0) is 53.9 Å². The topological polar surface area (TPSA) is 33.2 Å². The zero-order valence-electron chi connectivity index (χ0n) is 15.0. The fourth-order valence-electron chi connectivity index (χ4n) is 3.10. The van der Waals surface area contributed by atoms with Gasteiger partial charge in [0.1, 0.15) is 5.69 Å². The van der Waals surface area contributed by atoms with Crippen molar-refractivity contribution in [1.29, 1.82) is 0 Å². The van der Waals surface area contributed by atoms with Crippen LogP contribution in [0, 0.1) is 0 Å². The lowest BCUT2D eigenvalue weighted by Crippen LogP contribution is -2.49. The summed E-state index contributed by atoms with van der Waals surface area (Å²) in [4.78, 5) is 17.5. The third-order valence-corrected chi connectivity index (χ3v) is 5.42. The number of pyridine rings is 1. The minimum Gasteiger partial charge on any atom is -0.326 e. The second-order valence-corrected chi connectivity index (χ2v) is 8.09. The molecule has 0 N–H and O–H groups in total. The Morgan fingerprint density at radius 1 is 1.24 bits per heavy atom. The highest BCUT2D eigenvalue weighted by Gasteiger charge is 2.51. The number of aromatic nitrogens is 1. The van der Waals surface area contributed by atoms with E-state index in [0.29, 0.717) is 17.3 Å². The van der Waals surface area contributed by atoms with Gasteiger partial charge < -0.3 is 4.90 Å². The molecule has 10 heteroatoms. The van der Waals surface area contributed by atoms with Crippen LogP contribution in [-0.4, -0.2) is 27.9 Å². The molecule has 29 heavy (non-hydrogen) atoms. The fraction of sp³-hybridized carbons (Fsp3) is 0.368. The molecule has 0 saturated heterocycles. The average molecular weight is 498 g/mol. The number of hydrogen-bond acceptors (Lipinski definition) is 2. The summed E-state index contributed by atoms with van der Waals surface area (Å²) < 4.78 is 70.8. The van der Waals surface area contributed by atoms with Crippen molar-refractivity contribution in [2.75, 3.05) is 0 Å². The van der Waals surface area contributed by atoms with E-state index in [4.69, 9.17) is 11.6 Å². The quantitative estimate of drug-likeness (QED) is 0.454. The number of carbonyl (C=O) groups is 1. The molecule has 1 heterocycles. The Morgan fingerprint density at radius 2 is 1.86 bits per heavy atom. The van der Waals surface area contributed by atoms with Crippen LogP contribution in [0.3, 0.4) is 0 Å². The summed E-state index contributed by atoms with van der Waals surface area (Å²) in [6.45, 7) is 1.09. The Morgan fingerprint density at radius 3 is 2.41 bits per heavy atom. The van der Waals surface area contributed by atoms with Crippen LogP contribution in [0.5, 0.6) is 0 Å². The number of hydrogen-bond donors (Lipinski definition) is 0. The van der Waals surface area contributed by atoms with Gasteiger partial charge >= 0.3 is 12.1 Å². The van der Waals surface area contributed by atoms with Crippen LogP contribution >= 0.6 is 27.5 Å². The van der Waals surface area contributed by atoms with E-state index < -0.39 is 46.9 Å². The maximum atomic E-state index is 15.2. The van der Waals surface area contributed by atoms with Crippen LogP contribution in [-0.2, 0) is 12.1 Å². The lowest BCUT2D eigenvalue weighted by molar-refractivity contribution is -0.138. The first-order valence-electron chi connectivity index (χ1n) is 8.62. The zero-order valence-corrected chi connectivity index (χ0v) is 17.3. The molecular weight excluding hydrogens is 483 g/mol. The first-order valence-corrected chi connectivity index (χ1v) is 9.80. The van der Waals surface area contributed by atoms with E-state index in [1.54, 1.807) is 0 Å². The van der Waals surface area contributed by atoms with E-state index in [1.807, 2.05) is 0 Å². The number of amides is 1. The van der Waals surface area contributed by atoms with Gasteiger partial charge in [-0.3, -0.25) is 9.78 Å². The van der Waals surface area contributed by atoms with E-state index >= 15 is 8.78 Å². The Kier molecular flexibility index (Phi) is 5.93. The molecule has 1 aliphatic carbocycles. The molecule has 1 aliphatic rings. The van der Waals surface area contributed by atoms with E-state index in [9.17, 15) is 18.0 Å². The predicted molar refractivity (Wildman–Crippen MR) is 101 cm³/mol. The van der Waals surface area contributed by atoms with Crippen molar-refractivity contribution in [3.8, 4) is 0 Å². The van der Waals surface area contributed by atoms with Gasteiger partial charge in [0.25, 0.3) is 5.91 Å². The first-order chi connectivity index (χ1) is 13.4. The van der Waals surface area contributed by atoms with E-state index in [1.165, 1.54) is 12.1 Å². The van der Waals surface area contributed by atoms with Crippen LogP contribution in [0.15, 0.2) is 41.0 Å². The Hall–Kier alpha value is -1.74. The van der Waals surface area contributed by atoms with Crippen molar-refractivity contribution >= 4 is 33.4 Å². The summed E-state index contributed by atoms with van der Waals surface area (Å²) in [5.74, 6) is -4.77. The van der Waals surface area contributed by atoms with Gasteiger partial charge in [0.15, 0.2) is 0 Å². The number of rotatable bonds is 5. The summed E-state index contributed by atoms with van der Waals surface area (Å²) in [6.07, 6.45) is -2.78. The molecule has 0 aliphatic heterocycles.